The Kier molecular flexibility index (Phi) is 4.84. The van der Waals surface area contributed by atoms with Crippen LogP contribution in [0.4, 0.5) is 4.39 Å². The molecule has 0 radical (unpaired) electrons. The van der Waals surface area contributed by atoms with E-state index in [4.69, 9.17) is 11.6 Å². The average Bonchev–Trinajstić information content (AvgIpc) is 2.19. The predicted molar refractivity (Wildman–Crippen MR) is 75.5 cm³/mol. The van der Waals surface area contributed by atoms with Crippen molar-refractivity contribution in [2.45, 2.75) is 32.4 Å². The second-order valence-corrected chi connectivity index (χ2v) is 8.23. The summed E-state index contributed by atoms with van der Waals surface area (Å²) in [7, 11) is -3.20. The van der Waals surface area contributed by atoms with Gasteiger partial charge in [0.15, 0.2) is 17.3 Å². The van der Waals surface area contributed by atoms with Gasteiger partial charge in [-0.15, -0.1) is 0 Å². The highest BCUT2D eigenvalue weighted by Gasteiger charge is 2.30. The van der Waals surface area contributed by atoms with Crippen molar-refractivity contribution in [3.05, 3.63) is 12.0 Å². The van der Waals surface area contributed by atoms with E-state index in [0.717, 1.165) is 12.5 Å². The summed E-state index contributed by atoms with van der Waals surface area (Å²) in [5.41, 5.74) is -1.14. The zero-order valence-electron chi connectivity index (χ0n) is 11.4. The van der Waals surface area contributed by atoms with Crippen molar-refractivity contribution in [3.8, 4) is 0 Å². The molecule has 0 fully saturated rings. The van der Waals surface area contributed by atoms with Crippen molar-refractivity contribution in [1.29, 1.82) is 0 Å². The first-order valence-electron chi connectivity index (χ1n) is 5.77. The van der Waals surface area contributed by atoms with Crippen molar-refractivity contribution in [2.75, 3.05) is 12.0 Å². The highest BCUT2D eigenvalue weighted by Crippen LogP contribution is 2.22. The molecule has 0 saturated heterocycles. The molecule has 5 nitrogen and oxygen atoms in total. The van der Waals surface area contributed by atoms with Crippen LogP contribution in [0.1, 0.15) is 20.8 Å². The number of halogens is 2. The second-order valence-electron chi connectivity index (χ2n) is 5.63. The fourth-order valence-electron chi connectivity index (χ4n) is 1.50. The van der Waals surface area contributed by atoms with E-state index < -0.39 is 27.3 Å². The van der Waals surface area contributed by atoms with E-state index in [1.165, 1.54) is 0 Å². The summed E-state index contributed by atoms with van der Waals surface area (Å²) in [4.78, 5) is 3.87. The summed E-state index contributed by atoms with van der Waals surface area (Å²) in [5.74, 6) is -0.731. The Morgan fingerprint density at radius 1 is 1.58 bits per heavy atom. The average molecular weight is 312 g/mol. The maximum atomic E-state index is 13.6. The van der Waals surface area contributed by atoms with Gasteiger partial charge >= 0.3 is 0 Å². The molecule has 1 aliphatic rings. The fourth-order valence-corrected chi connectivity index (χ4v) is 2.85. The molecule has 0 aromatic heterocycles. The molecular formula is C11H19ClFN3O2S. The van der Waals surface area contributed by atoms with Gasteiger partial charge in [0, 0.05) is 18.5 Å². The molecule has 0 saturated carbocycles. The maximum Gasteiger partial charge on any atom is 0.197 e. The number of nitrogens with one attached hydrogen (secondary N) is 2. The van der Waals surface area contributed by atoms with Crippen LogP contribution in [0.15, 0.2) is 17.0 Å². The third-order valence-corrected chi connectivity index (χ3v) is 3.80. The monoisotopic (exact) mass is 311 g/mol. The highest BCUT2D eigenvalue weighted by molar-refractivity contribution is 7.90. The van der Waals surface area contributed by atoms with Crippen molar-refractivity contribution >= 4 is 27.3 Å². The summed E-state index contributed by atoms with van der Waals surface area (Å²) < 4.78 is 36.5. The molecule has 1 unspecified atom stereocenters. The summed E-state index contributed by atoms with van der Waals surface area (Å²) >= 11 is 5.74. The Morgan fingerprint density at radius 3 is 2.63 bits per heavy atom. The van der Waals surface area contributed by atoms with Crippen LogP contribution in [-0.2, 0) is 9.84 Å². The summed E-state index contributed by atoms with van der Waals surface area (Å²) in [6.07, 6.45) is 2.25. The van der Waals surface area contributed by atoms with E-state index in [2.05, 4.69) is 15.6 Å². The lowest BCUT2D eigenvalue weighted by Gasteiger charge is -2.32. The minimum Gasteiger partial charge on any atom is -0.364 e. The molecule has 0 spiro atoms. The Bertz CT molecular complexity index is 497. The SMILES string of the molecule is CC(C)(C)[C@@H](CS(C)(=O)=O)NC1=NC(Cl)NC=C1F. The normalized spacial score (nSPS) is 22.1. The molecule has 0 amide bonds. The van der Waals surface area contributed by atoms with Gasteiger partial charge in [0.2, 0.25) is 0 Å². The number of alkyl halides is 1. The number of nitrogens with zero attached hydrogens (tertiary/aromatic N) is 1. The lowest BCUT2D eigenvalue weighted by atomic mass is 9.88. The van der Waals surface area contributed by atoms with Crippen molar-refractivity contribution in [3.63, 3.8) is 0 Å². The van der Waals surface area contributed by atoms with Crippen LogP contribution in [0, 0.1) is 5.41 Å². The third-order valence-electron chi connectivity index (χ3n) is 2.64. The number of amidine groups is 1. The molecule has 110 valence electrons. The Hall–Kier alpha value is -0.820. The van der Waals surface area contributed by atoms with Crippen molar-refractivity contribution in [2.24, 2.45) is 10.4 Å². The number of rotatable bonds is 3. The lowest BCUT2D eigenvalue weighted by molar-refractivity contribution is 0.315. The summed E-state index contributed by atoms with van der Waals surface area (Å²) in [5, 5.41) is 5.34. The minimum atomic E-state index is -3.20. The molecule has 0 aromatic carbocycles. The minimum absolute atomic E-state index is 0.0256. The van der Waals surface area contributed by atoms with Crippen LogP contribution < -0.4 is 10.6 Å². The standard InChI is InChI=1S/C11H19ClFN3O2S/c1-11(2,3)8(6-19(4,17)18)15-9-7(13)5-14-10(12)16-9/h5,8,10,14H,6H2,1-4H3,(H,15,16)/t8-,10?/m1/s1. The molecule has 1 heterocycles. The van der Waals surface area contributed by atoms with E-state index in [9.17, 15) is 12.8 Å². The van der Waals surface area contributed by atoms with Gasteiger partial charge in [-0.3, -0.25) is 0 Å². The molecule has 2 atom stereocenters. The van der Waals surface area contributed by atoms with Gasteiger partial charge in [-0.2, -0.15) is 0 Å². The lowest BCUT2D eigenvalue weighted by Crippen LogP contribution is -2.49. The van der Waals surface area contributed by atoms with Gasteiger partial charge < -0.3 is 10.6 Å². The molecule has 8 heteroatoms. The van der Waals surface area contributed by atoms with Gasteiger partial charge in [0.05, 0.1) is 5.75 Å². The smallest absolute Gasteiger partial charge is 0.197 e. The van der Waals surface area contributed by atoms with Crippen molar-refractivity contribution < 1.29 is 12.8 Å². The zero-order valence-corrected chi connectivity index (χ0v) is 12.9. The van der Waals surface area contributed by atoms with Gasteiger partial charge in [-0.1, -0.05) is 32.4 Å². The van der Waals surface area contributed by atoms with Crippen LogP contribution in [0.3, 0.4) is 0 Å². The Morgan fingerprint density at radius 2 is 2.16 bits per heavy atom. The number of sulfone groups is 1. The van der Waals surface area contributed by atoms with Crippen LogP contribution >= 0.6 is 11.6 Å². The van der Waals surface area contributed by atoms with Crippen LogP contribution in [0.25, 0.3) is 0 Å². The molecule has 1 rings (SSSR count). The number of aliphatic imine (C=N–C) groups is 1. The third kappa shape index (κ3) is 5.36. The molecule has 0 bridgehead atoms. The van der Waals surface area contributed by atoms with E-state index in [1.54, 1.807) is 0 Å². The molecular weight excluding hydrogens is 293 g/mol. The van der Waals surface area contributed by atoms with Crippen LogP contribution in [0.5, 0.6) is 0 Å². The molecule has 0 aromatic rings. The molecule has 1 aliphatic heterocycles. The molecule has 19 heavy (non-hydrogen) atoms. The first kappa shape index (κ1) is 16.2. The highest BCUT2D eigenvalue weighted by atomic mass is 35.5. The van der Waals surface area contributed by atoms with Gasteiger partial charge in [-0.05, 0) is 5.41 Å². The fraction of sp³-hybridized carbons (Fsp3) is 0.727. The van der Waals surface area contributed by atoms with Gasteiger partial charge in [0.25, 0.3) is 0 Å². The second kappa shape index (κ2) is 5.66. The maximum absolute atomic E-state index is 13.6. The predicted octanol–water partition coefficient (Wildman–Crippen LogP) is 1.37. The van der Waals surface area contributed by atoms with E-state index in [-0.39, 0.29) is 17.0 Å². The van der Waals surface area contributed by atoms with Crippen LogP contribution in [0.2, 0.25) is 0 Å². The van der Waals surface area contributed by atoms with E-state index in [1.807, 2.05) is 20.8 Å². The van der Waals surface area contributed by atoms with E-state index >= 15 is 0 Å². The molecule has 2 N–H and O–H groups in total. The molecule has 0 aliphatic carbocycles. The summed E-state index contributed by atoms with van der Waals surface area (Å²) in [6, 6.07) is -0.470. The van der Waals surface area contributed by atoms with Gasteiger partial charge in [0.1, 0.15) is 9.84 Å². The van der Waals surface area contributed by atoms with Crippen LogP contribution in [-0.4, -0.2) is 37.9 Å². The summed E-state index contributed by atoms with van der Waals surface area (Å²) in [6.45, 7) is 5.62. The first-order valence-corrected chi connectivity index (χ1v) is 8.27. The number of hydrogen-bond donors (Lipinski definition) is 2. The zero-order chi connectivity index (χ0) is 14.8. The quantitative estimate of drug-likeness (QED) is 0.610. The Balaban J connectivity index is 2.93. The topological polar surface area (TPSA) is 70.6 Å². The first-order chi connectivity index (χ1) is 8.49. The largest absolute Gasteiger partial charge is 0.364 e. The Labute approximate surface area is 118 Å². The van der Waals surface area contributed by atoms with E-state index in [0.29, 0.717) is 0 Å². The van der Waals surface area contributed by atoms with Crippen molar-refractivity contribution in [1.82, 2.24) is 10.6 Å². The number of hydrogen-bond acceptors (Lipinski definition) is 5. The van der Waals surface area contributed by atoms with Gasteiger partial charge in [-0.25, -0.2) is 17.8 Å².